The summed E-state index contributed by atoms with van der Waals surface area (Å²) in [4.78, 5) is 11.0. The van der Waals surface area contributed by atoms with Crippen LogP contribution in [-0.2, 0) is 14.3 Å². The lowest BCUT2D eigenvalue weighted by atomic mass is 10.0. The Labute approximate surface area is 121 Å². The van der Waals surface area contributed by atoms with Crippen molar-refractivity contribution in [2.24, 2.45) is 0 Å². The zero-order valence-corrected chi connectivity index (χ0v) is 12.9. The predicted molar refractivity (Wildman–Crippen MR) is 78.4 cm³/mol. The van der Waals surface area contributed by atoms with Crippen LogP contribution >= 0.6 is 0 Å². The van der Waals surface area contributed by atoms with Gasteiger partial charge in [-0.2, -0.15) is 0 Å². The van der Waals surface area contributed by atoms with Crippen LogP contribution in [-0.4, -0.2) is 36.5 Å². The average molecular weight is 282 g/mol. The highest BCUT2D eigenvalue weighted by Gasteiger charge is 2.50. The van der Waals surface area contributed by atoms with Crippen molar-refractivity contribution in [2.45, 2.75) is 58.2 Å². The van der Waals surface area contributed by atoms with Gasteiger partial charge in [0.15, 0.2) is 0 Å². The molecule has 2 atom stereocenters. The molecular weight excluding hydrogens is 256 g/mol. The van der Waals surface area contributed by atoms with Crippen LogP contribution in [0.15, 0.2) is 23.3 Å². The lowest BCUT2D eigenvalue weighted by molar-refractivity contribution is -0.134. The molecule has 4 heteroatoms. The smallest absolute Gasteiger partial charge is 0.330 e. The molecule has 0 radical (unpaired) electrons. The third-order valence-corrected chi connectivity index (χ3v) is 3.75. The molecule has 4 nitrogen and oxygen atoms in total. The second-order valence-electron chi connectivity index (χ2n) is 5.72. The van der Waals surface area contributed by atoms with E-state index in [9.17, 15) is 4.79 Å². The second kappa shape index (κ2) is 7.60. The lowest BCUT2D eigenvalue weighted by Gasteiger charge is -2.03. The summed E-state index contributed by atoms with van der Waals surface area (Å²) >= 11 is 0. The van der Waals surface area contributed by atoms with Gasteiger partial charge in [0.25, 0.3) is 0 Å². The fourth-order valence-corrected chi connectivity index (χ4v) is 2.13. The van der Waals surface area contributed by atoms with Crippen LogP contribution in [0.1, 0.15) is 46.5 Å². The third kappa shape index (κ3) is 5.47. The van der Waals surface area contributed by atoms with E-state index >= 15 is 0 Å². The average Bonchev–Trinajstić information content (AvgIpc) is 3.08. The highest BCUT2D eigenvalue weighted by atomic mass is 16.6. The molecule has 1 fully saturated rings. The maximum absolute atomic E-state index is 11.0. The van der Waals surface area contributed by atoms with Crippen LogP contribution in [0, 0.1) is 0 Å². The summed E-state index contributed by atoms with van der Waals surface area (Å²) in [5, 5.41) is 9.11. The van der Waals surface area contributed by atoms with Gasteiger partial charge in [-0.1, -0.05) is 17.2 Å². The molecule has 1 heterocycles. The molecule has 0 spiro atoms. The zero-order valence-electron chi connectivity index (χ0n) is 12.9. The van der Waals surface area contributed by atoms with Gasteiger partial charge >= 0.3 is 5.97 Å². The van der Waals surface area contributed by atoms with E-state index in [1.54, 1.807) is 0 Å². The lowest BCUT2D eigenvalue weighted by Crippen LogP contribution is -2.14. The van der Waals surface area contributed by atoms with Crippen molar-refractivity contribution >= 4 is 5.97 Å². The zero-order chi connectivity index (χ0) is 15.2. The molecule has 20 heavy (non-hydrogen) atoms. The molecule has 1 saturated heterocycles. The molecule has 114 valence electrons. The van der Waals surface area contributed by atoms with Crippen molar-refractivity contribution in [3.05, 3.63) is 23.3 Å². The standard InChI is InChI=1S/C16H26O4/c1-12(8-9-14-16(3,11-17)20-14)6-5-7-13(2)10-15(18)19-4/h6,10,14,17H,5,7-9,11H2,1-4H3/b12-6+,13-10+. The van der Waals surface area contributed by atoms with Crippen molar-refractivity contribution in [3.63, 3.8) is 0 Å². The van der Waals surface area contributed by atoms with Crippen LogP contribution in [0.3, 0.4) is 0 Å². The summed E-state index contributed by atoms with van der Waals surface area (Å²) in [6.45, 7) is 6.08. The number of hydrogen-bond acceptors (Lipinski definition) is 4. The Morgan fingerprint density at radius 1 is 1.35 bits per heavy atom. The van der Waals surface area contributed by atoms with Gasteiger partial charge in [0.1, 0.15) is 5.60 Å². The van der Waals surface area contributed by atoms with Crippen LogP contribution in [0.2, 0.25) is 0 Å². The summed E-state index contributed by atoms with van der Waals surface area (Å²) in [5.41, 5.74) is 2.05. The van der Waals surface area contributed by atoms with Gasteiger partial charge in [-0.3, -0.25) is 0 Å². The van der Waals surface area contributed by atoms with Crippen LogP contribution in [0.4, 0.5) is 0 Å². The molecule has 1 N–H and O–H groups in total. The SMILES string of the molecule is COC(=O)/C=C(\C)CC/C=C(\C)CCC1OC1(C)CO. The van der Waals surface area contributed by atoms with Crippen LogP contribution in [0.25, 0.3) is 0 Å². The Hall–Kier alpha value is -1.13. The molecule has 0 aromatic heterocycles. The molecule has 0 aromatic rings. The molecule has 0 aromatic carbocycles. The fourth-order valence-electron chi connectivity index (χ4n) is 2.13. The van der Waals surface area contributed by atoms with Gasteiger partial charge in [-0.05, 0) is 46.5 Å². The van der Waals surface area contributed by atoms with E-state index in [2.05, 4.69) is 17.7 Å². The van der Waals surface area contributed by atoms with Crippen molar-refractivity contribution in [2.75, 3.05) is 13.7 Å². The normalized spacial score (nSPS) is 26.6. The molecule has 0 bridgehead atoms. The molecule has 1 aliphatic heterocycles. The monoisotopic (exact) mass is 282 g/mol. The number of rotatable bonds is 8. The van der Waals surface area contributed by atoms with E-state index in [0.717, 1.165) is 31.3 Å². The summed E-state index contributed by atoms with van der Waals surface area (Å²) in [5.74, 6) is -0.294. The summed E-state index contributed by atoms with van der Waals surface area (Å²) in [6, 6.07) is 0. The molecular formula is C16H26O4. The number of esters is 1. The third-order valence-electron chi connectivity index (χ3n) is 3.75. The van der Waals surface area contributed by atoms with Gasteiger partial charge in [0.2, 0.25) is 0 Å². The summed E-state index contributed by atoms with van der Waals surface area (Å²) in [6.07, 6.45) is 7.66. The first-order valence-electron chi connectivity index (χ1n) is 7.10. The molecule has 1 aliphatic rings. The highest BCUT2D eigenvalue weighted by molar-refractivity contribution is 5.82. The number of carbonyl (C=O) groups is 1. The van der Waals surface area contributed by atoms with Gasteiger partial charge in [0.05, 0.1) is 19.8 Å². The maximum Gasteiger partial charge on any atom is 0.330 e. The number of epoxide rings is 1. The van der Waals surface area contributed by atoms with Gasteiger partial charge in [0, 0.05) is 6.08 Å². The topological polar surface area (TPSA) is 59.1 Å². The number of aliphatic hydroxyl groups excluding tert-OH is 1. The van der Waals surface area contributed by atoms with E-state index < -0.39 is 0 Å². The number of ether oxygens (including phenoxy) is 2. The summed E-state index contributed by atoms with van der Waals surface area (Å²) < 4.78 is 10.1. The second-order valence-corrected chi connectivity index (χ2v) is 5.72. The van der Waals surface area contributed by atoms with Crippen LogP contribution < -0.4 is 0 Å². The Bertz CT molecular complexity index is 397. The van der Waals surface area contributed by atoms with Crippen molar-refractivity contribution < 1.29 is 19.4 Å². The van der Waals surface area contributed by atoms with Gasteiger partial charge in [-0.15, -0.1) is 0 Å². The molecule has 0 saturated carbocycles. The fraction of sp³-hybridized carbons (Fsp3) is 0.688. The van der Waals surface area contributed by atoms with Crippen molar-refractivity contribution in [1.29, 1.82) is 0 Å². The highest BCUT2D eigenvalue weighted by Crippen LogP contribution is 2.39. The first-order chi connectivity index (χ1) is 9.41. The maximum atomic E-state index is 11.0. The quantitative estimate of drug-likeness (QED) is 0.322. The van der Waals surface area contributed by atoms with E-state index in [1.807, 2.05) is 13.8 Å². The minimum Gasteiger partial charge on any atom is -0.466 e. The van der Waals surface area contributed by atoms with E-state index in [0.29, 0.717) is 0 Å². The molecule has 0 aliphatic carbocycles. The van der Waals surface area contributed by atoms with E-state index in [4.69, 9.17) is 9.84 Å². The number of hydrogen-bond donors (Lipinski definition) is 1. The minimum absolute atomic E-state index is 0.0952. The minimum atomic E-state index is -0.305. The first-order valence-corrected chi connectivity index (χ1v) is 7.10. The number of methoxy groups -OCH3 is 1. The Morgan fingerprint density at radius 2 is 2.05 bits per heavy atom. The van der Waals surface area contributed by atoms with Gasteiger partial charge < -0.3 is 14.6 Å². The molecule has 2 unspecified atom stereocenters. The van der Waals surface area contributed by atoms with Gasteiger partial charge in [-0.25, -0.2) is 4.79 Å². The van der Waals surface area contributed by atoms with Crippen molar-refractivity contribution in [1.82, 2.24) is 0 Å². The Balaban J connectivity index is 2.22. The Morgan fingerprint density at radius 3 is 2.60 bits per heavy atom. The van der Waals surface area contributed by atoms with Crippen molar-refractivity contribution in [3.8, 4) is 0 Å². The first kappa shape index (κ1) is 16.9. The predicted octanol–water partition coefficient (Wildman–Crippen LogP) is 2.76. The van der Waals surface area contributed by atoms with E-state index in [-0.39, 0.29) is 24.3 Å². The largest absolute Gasteiger partial charge is 0.466 e. The number of aliphatic hydroxyl groups is 1. The van der Waals surface area contributed by atoms with Crippen LogP contribution in [0.5, 0.6) is 0 Å². The Kier molecular flexibility index (Phi) is 6.43. The molecule has 0 amide bonds. The van der Waals surface area contributed by atoms with E-state index in [1.165, 1.54) is 18.8 Å². The number of carbonyl (C=O) groups excluding carboxylic acids is 1. The summed E-state index contributed by atoms with van der Waals surface area (Å²) in [7, 11) is 1.39. The number of allylic oxidation sites excluding steroid dienone is 3. The molecule has 1 rings (SSSR count).